The molecule has 1 aliphatic heterocycles. The lowest BCUT2D eigenvalue weighted by molar-refractivity contribution is 0.226. The van der Waals surface area contributed by atoms with E-state index in [1.807, 2.05) is 0 Å². The number of benzene rings is 2. The predicted molar refractivity (Wildman–Crippen MR) is 97.8 cm³/mol. The summed E-state index contributed by atoms with van der Waals surface area (Å²) in [5.41, 5.74) is 0.972. The zero-order chi connectivity index (χ0) is 18.7. The van der Waals surface area contributed by atoms with Gasteiger partial charge in [-0.15, -0.1) is 0 Å². The number of hydrogen-bond acceptors (Lipinski definition) is 3. The van der Waals surface area contributed by atoms with Gasteiger partial charge in [0.15, 0.2) is 0 Å². The maximum Gasteiger partial charge on any atom is 0.338 e. The van der Waals surface area contributed by atoms with Gasteiger partial charge in [-0.2, -0.15) is 0 Å². The van der Waals surface area contributed by atoms with E-state index in [0.29, 0.717) is 17.8 Å². The summed E-state index contributed by atoms with van der Waals surface area (Å²) in [5.74, 6) is -0.409. The second kappa shape index (κ2) is 7.45. The van der Waals surface area contributed by atoms with Gasteiger partial charge in [0, 0.05) is 6.54 Å². The van der Waals surface area contributed by atoms with Gasteiger partial charge in [0.05, 0.1) is 12.2 Å². The number of sulfonamides is 1. The van der Waals surface area contributed by atoms with Crippen LogP contribution in [-0.2, 0) is 16.6 Å². The van der Waals surface area contributed by atoms with Crippen LogP contribution in [0.5, 0.6) is 0 Å². The number of carbonyl (C=O) groups excluding carboxylic acids is 1. The first-order valence-corrected chi connectivity index (χ1v) is 10.1. The Balaban J connectivity index is 1.99. The van der Waals surface area contributed by atoms with Gasteiger partial charge < -0.3 is 0 Å². The predicted octanol–water partition coefficient (Wildman–Crippen LogP) is 4.15. The minimum atomic E-state index is -3.96. The first-order valence-electron chi connectivity index (χ1n) is 8.63. The van der Waals surface area contributed by atoms with E-state index in [4.69, 9.17) is 0 Å². The molecule has 0 spiro atoms. The molecule has 0 saturated heterocycles. The van der Waals surface area contributed by atoms with Crippen LogP contribution in [0.4, 0.5) is 14.9 Å². The van der Waals surface area contributed by atoms with Crippen LogP contribution in [0.15, 0.2) is 53.4 Å². The van der Waals surface area contributed by atoms with E-state index in [9.17, 15) is 17.6 Å². The van der Waals surface area contributed by atoms with Crippen molar-refractivity contribution in [2.24, 2.45) is 0 Å². The zero-order valence-electron chi connectivity index (χ0n) is 14.6. The lowest BCUT2D eigenvalue weighted by atomic mass is 10.2. The molecule has 2 aromatic rings. The maximum atomic E-state index is 13.1. The summed E-state index contributed by atoms with van der Waals surface area (Å²) in [4.78, 5) is 14.6. The third kappa shape index (κ3) is 3.44. The number of anilines is 1. The van der Waals surface area contributed by atoms with Gasteiger partial charge in [-0.3, -0.25) is 4.90 Å². The fourth-order valence-electron chi connectivity index (χ4n) is 3.00. The highest BCUT2D eigenvalue weighted by Crippen LogP contribution is 2.35. The lowest BCUT2D eigenvalue weighted by Crippen LogP contribution is -2.50. The van der Waals surface area contributed by atoms with Crippen molar-refractivity contribution in [1.29, 1.82) is 0 Å². The van der Waals surface area contributed by atoms with Crippen LogP contribution in [0.3, 0.4) is 0 Å². The normalized spacial score (nSPS) is 15.8. The second-order valence-electron chi connectivity index (χ2n) is 6.25. The zero-order valence-corrected chi connectivity index (χ0v) is 15.4. The Hall–Kier alpha value is -2.41. The van der Waals surface area contributed by atoms with Crippen molar-refractivity contribution in [1.82, 2.24) is 4.31 Å². The van der Waals surface area contributed by atoms with Gasteiger partial charge in [0.1, 0.15) is 10.7 Å². The Kier molecular flexibility index (Phi) is 5.27. The van der Waals surface area contributed by atoms with Gasteiger partial charge in [0.2, 0.25) is 0 Å². The topological polar surface area (TPSA) is 57.7 Å². The minimum absolute atomic E-state index is 0.123. The van der Waals surface area contributed by atoms with Gasteiger partial charge in [-0.05, 0) is 36.2 Å². The molecule has 1 aliphatic rings. The lowest BCUT2D eigenvalue weighted by Gasteiger charge is -2.36. The van der Waals surface area contributed by atoms with E-state index in [0.717, 1.165) is 23.6 Å². The number of fused-ring (bicyclic) bond motifs is 1. The van der Waals surface area contributed by atoms with Crippen LogP contribution in [0.2, 0.25) is 0 Å². The number of hydrogen-bond donors (Lipinski definition) is 0. The molecule has 0 atom stereocenters. The number of rotatable bonds is 6. The molecule has 0 saturated carbocycles. The summed E-state index contributed by atoms with van der Waals surface area (Å²) in [6.07, 6.45) is 2.75. The number of para-hydroxylation sites is 1. The molecule has 0 bridgehead atoms. The molecule has 0 aromatic heterocycles. The monoisotopic (exact) mass is 376 g/mol. The number of unbranched alkanes of at least 4 members (excludes halogenated alkanes) is 2. The molecule has 0 unspecified atom stereocenters. The highest BCUT2D eigenvalue weighted by Gasteiger charge is 2.40. The number of carbonyl (C=O) groups is 1. The molecule has 0 aliphatic carbocycles. The standard InChI is InChI=1S/C19H21FN2O3S/c1-2-3-6-13-21-17-7-4-5-8-18(17)26(24,25)22(19(21)23)14-15-9-11-16(20)12-10-15/h4-5,7-12H,2-3,6,13-14H2,1H3. The van der Waals surface area contributed by atoms with Crippen LogP contribution in [-0.4, -0.2) is 25.3 Å². The molecular formula is C19H21FN2O3S. The molecule has 0 N–H and O–H groups in total. The van der Waals surface area contributed by atoms with Gasteiger partial charge >= 0.3 is 6.03 Å². The van der Waals surface area contributed by atoms with Crippen LogP contribution in [0, 0.1) is 5.82 Å². The third-order valence-corrected chi connectivity index (χ3v) is 6.16. The van der Waals surface area contributed by atoms with E-state index in [-0.39, 0.29) is 11.4 Å². The molecule has 2 aromatic carbocycles. The minimum Gasteiger partial charge on any atom is -0.292 e. The average Bonchev–Trinajstić information content (AvgIpc) is 2.63. The molecule has 138 valence electrons. The summed E-state index contributed by atoms with van der Waals surface area (Å²) in [6.45, 7) is 2.40. The molecule has 5 nitrogen and oxygen atoms in total. The van der Waals surface area contributed by atoms with Crippen LogP contribution in [0.1, 0.15) is 31.7 Å². The Labute approximate surface area is 153 Å². The Bertz CT molecular complexity index is 897. The summed E-state index contributed by atoms with van der Waals surface area (Å²) in [5, 5.41) is 0. The maximum absolute atomic E-state index is 13.1. The Morgan fingerprint density at radius 3 is 2.38 bits per heavy atom. The largest absolute Gasteiger partial charge is 0.338 e. The first-order chi connectivity index (χ1) is 12.4. The van der Waals surface area contributed by atoms with Crippen LogP contribution >= 0.6 is 0 Å². The van der Waals surface area contributed by atoms with Crippen molar-refractivity contribution in [2.75, 3.05) is 11.4 Å². The fourth-order valence-corrected chi connectivity index (χ4v) is 4.56. The van der Waals surface area contributed by atoms with Gasteiger partial charge in [-0.1, -0.05) is 44.0 Å². The highest BCUT2D eigenvalue weighted by atomic mass is 32.2. The van der Waals surface area contributed by atoms with Crippen LogP contribution < -0.4 is 4.90 Å². The number of urea groups is 1. The van der Waals surface area contributed by atoms with E-state index in [1.54, 1.807) is 18.2 Å². The SMILES string of the molecule is CCCCCN1C(=O)N(Cc2ccc(F)cc2)S(=O)(=O)c2ccccc21. The summed E-state index contributed by atoms with van der Waals surface area (Å²) >= 11 is 0. The van der Waals surface area contributed by atoms with E-state index in [2.05, 4.69) is 6.92 Å². The van der Waals surface area contributed by atoms with Crippen molar-refractivity contribution < 1.29 is 17.6 Å². The molecule has 26 heavy (non-hydrogen) atoms. The van der Waals surface area contributed by atoms with Crippen molar-refractivity contribution in [3.8, 4) is 0 Å². The third-order valence-electron chi connectivity index (χ3n) is 4.39. The second-order valence-corrected chi connectivity index (χ2v) is 8.08. The molecular weight excluding hydrogens is 355 g/mol. The Morgan fingerprint density at radius 2 is 1.69 bits per heavy atom. The molecule has 1 heterocycles. The smallest absolute Gasteiger partial charge is 0.292 e. The fraction of sp³-hybridized carbons (Fsp3) is 0.316. The molecule has 7 heteroatoms. The summed E-state index contributed by atoms with van der Waals surface area (Å²) in [6, 6.07) is 11.5. The van der Waals surface area contributed by atoms with Crippen molar-refractivity contribution in [3.63, 3.8) is 0 Å². The van der Waals surface area contributed by atoms with E-state index >= 15 is 0 Å². The summed E-state index contributed by atoms with van der Waals surface area (Å²) < 4.78 is 39.9. The van der Waals surface area contributed by atoms with Crippen molar-refractivity contribution in [3.05, 3.63) is 59.9 Å². The Morgan fingerprint density at radius 1 is 1.00 bits per heavy atom. The van der Waals surface area contributed by atoms with E-state index in [1.165, 1.54) is 35.2 Å². The quantitative estimate of drug-likeness (QED) is 0.712. The molecule has 3 rings (SSSR count). The van der Waals surface area contributed by atoms with Gasteiger partial charge in [-0.25, -0.2) is 21.9 Å². The van der Waals surface area contributed by atoms with Crippen molar-refractivity contribution >= 4 is 21.7 Å². The molecule has 2 amide bonds. The van der Waals surface area contributed by atoms with Gasteiger partial charge in [0.25, 0.3) is 10.0 Å². The summed E-state index contributed by atoms with van der Waals surface area (Å²) in [7, 11) is -3.96. The number of halogens is 1. The molecule has 0 radical (unpaired) electrons. The van der Waals surface area contributed by atoms with Crippen molar-refractivity contribution in [2.45, 2.75) is 37.6 Å². The van der Waals surface area contributed by atoms with E-state index < -0.39 is 21.9 Å². The number of nitrogens with zero attached hydrogens (tertiary/aromatic N) is 2. The molecule has 0 fully saturated rings. The number of amides is 2. The van der Waals surface area contributed by atoms with Crippen LogP contribution in [0.25, 0.3) is 0 Å². The average molecular weight is 376 g/mol. The first kappa shape index (κ1) is 18.4. The highest BCUT2D eigenvalue weighted by molar-refractivity contribution is 7.90.